The van der Waals surface area contributed by atoms with Crippen LogP contribution in [0.1, 0.15) is 68.7 Å². The summed E-state index contributed by atoms with van der Waals surface area (Å²) in [5.74, 6) is 0. The number of hydrogen-bond donors (Lipinski definition) is 0. The molecule has 0 bridgehead atoms. The Hall–Kier alpha value is -1.94. The summed E-state index contributed by atoms with van der Waals surface area (Å²) in [5.41, 5.74) is -0.571. The summed E-state index contributed by atoms with van der Waals surface area (Å²) in [6.07, 6.45) is 0.281. The normalized spacial score (nSPS) is 19.3. The van der Waals surface area contributed by atoms with Crippen molar-refractivity contribution in [1.29, 1.82) is 0 Å². The SMILES string of the molecule is CC(C)(C)OC(=O)N1CC[C@H](O[Si](c2ccccc2)(c2ccccc2)C(C)(C)C)[C@@H]1CO[Si](C)(C)C(C)(C)C. The molecule has 2 aromatic carbocycles. The van der Waals surface area contributed by atoms with E-state index in [9.17, 15) is 4.79 Å². The third kappa shape index (κ3) is 7.05. The molecule has 39 heavy (non-hydrogen) atoms. The Morgan fingerprint density at radius 3 is 1.72 bits per heavy atom. The van der Waals surface area contributed by atoms with E-state index in [0.29, 0.717) is 13.2 Å². The number of benzene rings is 2. The summed E-state index contributed by atoms with van der Waals surface area (Å²) in [7, 11) is -4.86. The van der Waals surface area contributed by atoms with Gasteiger partial charge < -0.3 is 18.5 Å². The lowest BCUT2D eigenvalue weighted by Crippen LogP contribution is -2.68. The summed E-state index contributed by atoms with van der Waals surface area (Å²) in [4.78, 5) is 15.3. The minimum Gasteiger partial charge on any atom is -0.444 e. The van der Waals surface area contributed by atoms with Crippen molar-refractivity contribution in [3.8, 4) is 0 Å². The fraction of sp³-hybridized carbons (Fsp3) is 0.594. The molecule has 2 aromatic rings. The predicted molar refractivity (Wildman–Crippen MR) is 167 cm³/mol. The zero-order chi connectivity index (χ0) is 29.3. The standard InChI is InChI=1S/C32H51NO4Si2/c1-30(2,3)36-29(34)33-23-22-28(27(33)24-35-38(10,11)31(4,5)6)37-39(32(7,8)9,25-18-14-12-15-19-25)26-20-16-13-17-21-26/h12-21,27-28H,22-24H2,1-11H3/t27-,28-/m0/s1. The van der Waals surface area contributed by atoms with E-state index >= 15 is 0 Å². The molecule has 1 heterocycles. The van der Waals surface area contributed by atoms with Crippen molar-refractivity contribution in [2.75, 3.05) is 13.2 Å². The van der Waals surface area contributed by atoms with Crippen LogP contribution in [0.2, 0.25) is 23.2 Å². The average molecular weight is 570 g/mol. The van der Waals surface area contributed by atoms with Crippen molar-refractivity contribution in [2.45, 2.75) is 110 Å². The van der Waals surface area contributed by atoms with Crippen LogP contribution in [-0.4, -0.2) is 58.5 Å². The summed E-state index contributed by atoms with van der Waals surface area (Å²) >= 11 is 0. The highest BCUT2D eigenvalue weighted by atomic mass is 28.4. The molecule has 0 radical (unpaired) electrons. The molecule has 1 aliphatic heterocycles. The van der Waals surface area contributed by atoms with Crippen molar-refractivity contribution < 1.29 is 18.4 Å². The van der Waals surface area contributed by atoms with E-state index in [2.05, 4.69) is 115 Å². The number of hydrogen-bond acceptors (Lipinski definition) is 4. The first kappa shape index (κ1) is 31.6. The van der Waals surface area contributed by atoms with Gasteiger partial charge in [0.15, 0.2) is 8.32 Å². The van der Waals surface area contributed by atoms with Gasteiger partial charge in [-0.1, -0.05) is 102 Å². The first-order valence-corrected chi connectivity index (χ1v) is 19.1. The molecule has 1 saturated heterocycles. The molecular weight excluding hydrogens is 519 g/mol. The van der Waals surface area contributed by atoms with E-state index in [0.717, 1.165) is 6.42 Å². The van der Waals surface area contributed by atoms with E-state index in [1.165, 1.54) is 10.4 Å². The molecule has 0 saturated carbocycles. The highest BCUT2D eigenvalue weighted by molar-refractivity contribution is 6.99. The largest absolute Gasteiger partial charge is 0.444 e. The maximum absolute atomic E-state index is 13.5. The maximum Gasteiger partial charge on any atom is 0.410 e. The van der Waals surface area contributed by atoms with Gasteiger partial charge in [-0.05, 0) is 60.7 Å². The Morgan fingerprint density at radius 2 is 1.31 bits per heavy atom. The highest BCUT2D eigenvalue weighted by Crippen LogP contribution is 2.41. The molecule has 0 unspecified atom stereocenters. The van der Waals surface area contributed by atoms with Crippen LogP contribution >= 0.6 is 0 Å². The Balaban J connectivity index is 2.08. The minimum atomic E-state index is -2.80. The van der Waals surface area contributed by atoms with Crippen molar-refractivity contribution in [1.82, 2.24) is 4.90 Å². The Kier molecular flexibility index (Phi) is 9.32. The molecule has 0 aliphatic carbocycles. The van der Waals surface area contributed by atoms with Crippen LogP contribution in [0.15, 0.2) is 60.7 Å². The van der Waals surface area contributed by atoms with Crippen molar-refractivity contribution in [3.05, 3.63) is 60.7 Å². The van der Waals surface area contributed by atoms with E-state index in [4.69, 9.17) is 13.6 Å². The molecular formula is C32H51NO4Si2. The number of amides is 1. The fourth-order valence-electron chi connectivity index (χ4n) is 5.14. The molecule has 1 fully saturated rings. The lowest BCUT2D eigenvalue weighted by atomic mass is 10.2. The summed E-state index contributed by atoms with van der Waals surface area (Å²) in [5, 5.41) is 2.39. The average Bonchev–Trinajstić information content (AvgIpc) is 3.22. The molecule has 216 valence electrons. The van der Waals surface area contributed by atoms with Crippen molar-refractivity contribution in [2.24, 2.45) is 0 Å². The van der Waals surface area contributed by atoms with Crippen molar-refractivity contribution in [3.63, 3.8) is 0 Å². The number of carbonyl (C=O) groups excluding carboxylic acids is 1. The Labute approximate surface area is 239 Å². The number of ether oxygens (including phenoxy) is 1. The number of likely N-dealkylation sites (tertiary alicyclic amines) is 1. The number of nitrogens with zero attached hydrogens (tertiary/aromatic N) is 1. The van der Waals surface area contributed by atoms with Gasteiger partial charge in [0.2, 0.25) is 0 Å². The second-order valence-corrected chi connectivity index (χ2v) is 23.5. The lowest BCUT2D eigenvalue weighted by Gasteiger charge is -2.46. The van der Waals surface area contributed by atoms with Gasteiger partial charge in [0.25, 0.3) is 8.32 Å². The molecule has 5 nitrogen and oxygen atoms in total. The Bertz CT molecular complexity index is 1050. The first-order valence-electron chi connectivity index (χ1n) is 14.3. The van der Waals surface area contributed by atoms with E-state index in [1.807, 2.05) is 25.7 Å². The van der Waals surface area contributed by atoms with Crippen LogP contribution in [0.4, 0.5) is 4.79 Å². The third-order valence-corrected chi connectivity index (χ3v) is 17.8. The molecule has 0 spiro atoms. The summed E-state index contributed by atoms with van der Waals surface area (Å²) in [6.45, 7) is 24.9. The van der Waals surface area contributed by atoms with Crippen molar-refractivity contribution >= 4 is 33.1 Å². The van der Waals surface area contributed by atoms with Gasteiger partial charge >= 0.3 is 6.09 Å². The maximum atomic E-state index is 13.5. The van der Waals surface area contributed by atoms with E-state index in [1.54, 1.807) is 0 Å². The highest BCUT2D eigenvalue weighted by Gasteiger charge is 2.54. The monoisotopic (exact) mass is 569 g/mol. The summed E-state index contributed by atoms with van der Waals surface area (Å²) in [6, 6.07) is 21.2. The molecule has 0 N–H and O–H groups in total. The fourth-order valence-corrected chi connectivity index (χ4v) is 10.9. The smallest absolute Gasteiger partial charge is 0.410 e. The van der Waals surface area contributed by atoms with Crippen LogP contribution in [0.3, 0.4) is 0 Å². The summed E-state index contributed by atoms with van der Waals surface area (Å²) < 4.78 is 20.2. The zero-order valence-electron chi connectivity index (χ0n) is 26.1. The number of carbonyl (C=O) groups is 1. The lowest BCUT2D eigenvalue weighted by molar-refractivity contribution is 0.00924. The van der Waals surface area contributed by atoms with Gasteiger partial charge in [0.1, 0.15) is 5.60 Å². The molecule has 1 aliphatic rings. The first-order chi connectivity index (χ1) is 17.9. The van der Waals surface area contributed by atoms with Gasteiger partial charge in [0.05, 0.1) is 18.8 Å². The zero-order valence-corrected chi connectivity index (χ0v) is 28.1. The van der Waals surface area contributed by atoms with Crippen LogP contribution in [0.25, 0.3) is 0 Å². The molecule has 1 amide bonds. The topological polar surface area (TPSA) is 48.0 Å². The van der Waals surface area contributed by atoms with Crippen LogP contribution in [0, 0.1) is 0 Å². The minimum absolute atomic E-state index is 0.0662. The van der Waals surface area contributed by atoms with E-state index in [-0.39, 0.29) is 28.3 Å². The predicted octanol–water partition coefficient (Wildman–Crippen LogP) is 6.96. The Morgan fingerprint density at radius 1 is 0.821 bits per heavy atom. The van der Waals surface area contributed by atoms with Gasteiger partial charge in [-0.2, -0.15) is 0 Å². The third-order valence-electron chi connectivity index (χ3n) is 8.28. The van der Waals surface area contributed by atoms with Crippen LogP contribution < -0.4 is 10.4 Å². The van der Waals surface area contributed by atoms with Crippen LogP contribution in [0.5, 0.6) is 0 Å². The number of rotatable bonds is 7. The molecule has 2 atom stereocenters. The molecule has 0 aromatic heterocycles. The second-order valence-electron chi connectivity index (χ2n) is 14.4. The van der Waals surface area contributed by atoms with Crippen LogP contribution in [-0.2, 0) is 13.6 Å². The molecule has 7 heteroatoms. The second kappa shape index (κ2) is 11.5. The van der Waals surface area contributed by atoms with Gasteiger partial charge in [-0.3, -0.25) is 0 Å². The van der Waals surface area contributed by atoms with Gasteiger partial charge in [-0.15, -0.1) is 0 Å². The van der Waals surface area contributed by atoms with Gasteiger partial charge in [-0.25, -0.2) is 4.79 Å². The van der Waals surface area contributed by atoms with Gasteiger partial charge in [0, 0.05) is 6.54 Å². The quantitative estimate of drug-likeness (QED) is 0.338. The van der Waals surface area contributed by atoms with E-state index < -0.39 is 22.2 Å². The molecule has 3 rings (SSSR count).